The summed E-state index contributed by atoms with van der Waals surface area (Å²) in [6.07, 6.45) is 0. The van der Waals surface area contributed by atoms with Gasteiger partial charge in [0, 0.05) is 42.0 Å². The van der Waals surface area contributed by atoms with Crippen LogP contribution in [0.15, 0.2) is 18.2 Å². The van der Waals surface area contributed by atoms with Crippen molar-refractivity contribution in [2.24, 2.45) is 5.73 Å². The monoisotopic (exact) mass is 348 g/mol. The van der Waals surface area contributed by atoms with Crippen molar-refractivity contribution in [3.8, 4) is 0 Å². The number of nitrogens with zero attached hydrogens (tertiary/aromatic N) is 1. The van der Waals surface area contributed by atoms with E-state index in [-0.39, 0.29) is 12.5 Å². The molecule has 5 nitrogen and oxygen atoms in total. The fraction of sp³-hybridized carbons (Fsp3) is 0.533. The van der Waals surface area contributed by atoms with Crippen molar-refractivity contribution in [2.75, 3.05) is 29.7 Å². The third-order valence-corrected chi connectivity index (χ3v) is 4.01. The number of aliphatic hydroxyl groups is 1. The Balaban J connectivity index is 3.11. The molecule has 0 amide bonds. The van der Waals surface area contributed by atoms with Gasteiger partial charge >= 0.3 is 5.97 Å². The highest BCUT2D eigenvalue weighted by molar-refractivity contribution is 6.18. The lowest BCUT2D eigenvalue weighted by Gasteiger charge is -2.26. The number of benzene rings is 1. The Kier molecular flexibility index (Phi) is 7.96. The van der Waals surface area contributed by atoms with Gasteiger partial charge in [-0.3, -0.25) is 4.79 Å². The Labute approximate surface area is 140 Å². The molecule has 0 aliphatic rings. The van der Waals surface area contributed by atoms with Crippen LogP contribution in [-0.4, -0.2) is 47.1 Å². The topological polar surface area (TPSA) is 86.8 Å². The van der Waals surface area contributed by atoms with E-state index in [2.05, 4.69) is 0 Å². The van der Waals surface area contributed by atoms with E-state index in [0.29, 0.717) is 30.4 Å². The van der Waals surface area contributed by atoms with E-state index in [1.807, 2.05) is 17.0 Å². The first-order valence-corrected chi connectivity index (χ1v) is 8.12. The number of halogens is 2. The normalized spacial score (nSPS) is 13.7. The molecule has 0 bridgehead atoms. The summed E-state index contributed by atoms with van der Waals surface area (Å²) in [5.41, 5.74) is 8.00. The van der Waals surface area contributed by atoms with E-state index in [4.69, 9.17) is 34.0 Å². The molecular weight excluding hydrogens is 327 g/mol. The van der Waals surface area contributed by atoms with Gasteiger partial charge in [-0.15, -0.1) is 23.2 Å². The van der Waals surface area contributed by atoms with Crippen LogP contribution in [-0.2, 0) is 11.4 Å². The van der Waals surface area contributed by atoms with E-state index in [9.17, 15) is 9.90 Å². The fourth-order valence-corrected chi connectivity index (χ4v) is 2.71. The predicted octanol–water partition coefficient (Wildman–Crippen LogP) is 1.98. The summed E-state index contributed by atoms with van der Waals surface area (Å²) >= 11 is 11.6. The van der Waals surface area contributed by atoms with Crippen LogP contribution in [0.2, 0.25) is 0 Å². The summed E-state index contributed by atoms with van der Waals surface area (Å²) in [6.45, 7) is 2.83. The second kappa shape index (κ2) is 9.20. The summed E-state index contributed by atoms with van der Waals surface area (Å²) in [5.74, 6) is -0.507. The van der Waals surface area contributed by atoms with Crippen LogP contribution < -0.4 is 10.6 Å². The lowest BCUT2D eigenvalue weighted by Crippen LogP contribution is -2.35. The molecular formula is C15H22Cl2N2O3. The van der Waals surface area contributed by atoms with E-state index < -0.39 is 12.0 Å². The SMILES string of the molecule is CC(c1ccc(N(CCCl)CCCl)c(CO)c1)[C@H](N)C(=O)O. The second-order valence-corrected chi connectivity index (χ2v) is 5.82. The zero-order valence-corrected chi connectivity index (χ0v) is 14.0. The van der Waals surface area contributed by atoms with Crippen LogP contribution in [0, 0.1) is 0 Å². The molecule has 1 rings (SSSR count). The Morgan fingerprint density at radius 1 is 1.32 bits per heavy atom. The fourth-order valence-electron chi connectivity index (χ4n) is 2.30. The molecule has 2 atom stereocenters. The van der Waals surface area contributed by atoms with Gasteiger partial charge in [-0.05, 0) is 11.6 Å². The molecule has 0 saturated carbocycles. The van der Waals surface area contributed by atoms with Gasteiger partial charge in [0.1, 0.15) is 6.04 Å². The average Bonchev–Trinajstić information content (AvgIpc) is 2.52. The van der Waals surface area contributed by atoms with E-state index in [0.717, 1.165) is 11.3 Å². The molecule has 0 aliphatic heterocycles. The number of carboxylic acids is 1. The number of hydrogen-bond acceptors (Lipinski definition) is 4. The van der Waals surface area contributed by atoms with Crippen LogP contribution in [0.4, 0.5) is 5.69 Å². The molecule has 7 heteroatoms. The number of nitrogens with two attached hydrogens (primary N) is 1. The molecule has 22 heavy (non-hydrogen) atoms. The molecule has 0 aliphatic carbocycles. The molecule has 0 aromatic heterocycles. The standard InChI is InChI=1S/C15H22Cl2N2O3/c1-10(14(18)15(21)22)11-2-3-13(12(8-11)9-20)19(6-4-16)7-5-17/h2-3,8,10,14,20H,4-7,9,18H2,1H3,(H,21,22)/t10?,14-/m0/s1. The number of rotatable bonds is 9. The summed E-state index contributed by atoms with van der Waals surface area (Å²) in [7, 11) is 0. The Hall–Kier alpha value is -1.01. The van der Waals surface area contributed by atoms with E-state index >= 15 is 0 Å². The number of carbonyl (C=O) groups is 1. The lowest BCUT2D eigenvalue weighted by molar-refractivity contribution is -0.139. The predicted molar refractivity (Wildman–Crippen MR) is 90.0 cm³/mol. The molecule has 0 saturated heterocycles. The zero-order valence-electron chi connectivity index (χ0n) is 12.5. The molecule has 1 aromatic rings. The van der Waals surface area contributed by atoms with Gasteiger partial charge in [-0.25, -0.2) is 0 Å². The number of anilines is 1. The first kappa shape index (κ1) is 19.0. The molecule has 0 fully saturated rings. The van der Waals surface area contributed by atoms with Crippen molar-refractivity contribution in [1.29, 1.82) is 0 Å². The maximum Gasteiger partial charge on any atom is 0.321 e. The molecule has 124 valence electrons. The summed E-state index contributed by atoms with van der Waals surface area (Å²) in [5, 5.41) is 18.6. The summed E-state index contributed by atoms with van der Waals surface area (Å²) in [6, 6.07) is 4.49. The molecule has 1 unspecified atom stereocenters. The maximum absolute atomic E-state index is 11.0. The Bertz CT molecular complexity index is 494. The van der Waals surface area contributed by atoms with Gasteiger partial charge in [-0.2, -0.15) is 0 Å². The van der Waals surface area contributed by atoms with Crippen molar-refractivity contribution in [1.82, 2.24) is 0 Å². The lowest BCUT2D eigenvalue weighted by atomic mass is 9.92. The first-order chi connectivity index (χ1) is 10.5. The number of hydrogen-bond donors (Lipinski definition) is 3. The summed E-state index contributed by atoms with van der Waals surface area (Å²) in [4.78, 5) is 13.0. The third-order valence-electron chi connectivity index (χ3n) is 3.67. The number of aliphatic carboxylic acids is 1. The minimum absolute atomic E-state index is 0.153. The molecule has 0 spiro atoms. The molecule has 0 heterocycles. The van der Waals surface area contributed by atoms with E-state index in [1.165, 1.54) is 0 Å². The van der Waals surface area contributed by atoms with E-state index in [1.54, 1.807) is 13.0 Å². The van der Waals surface area contributed by atoms with Crippen LogP contribution in [0.5, 0.6) is 0 Å². The molecule has 0 radical (unpaired) electrons. The third kappa shape index (κ3) is 4.74. The van der Waals surface area contributed by atoms with Gasteiger partial charge < -0.3 is 20.8 Å². The van der Waals surface area contributed by atoms with Gasteiger partial charge in [0.2, 0.25) is 0 Å². The zero-order chi connectivity index (χ0) is 16.7. The van der Waals surface area contributed by atoms with Gasteiger partial charge in [0.15, 0.2) is 0 Å². The molecule has 4 N–H and O–H groups in total. The van der Waals surface area contributed by atoms with Crippen molar-refractivity contribution in [3.05, 3.63) is 29.3 Å². The first-order valence-electron chi connectivity index (χ1n) is 7.05. The second-order valence-electron chi connectivity index (χ2n) is 5.06. The van der Waals surface area contributed by atoms with Gasteiger partial charge in [0.25, 0.3) is 0 Å². The van der Waals surface area contributed by atoms with Crippen LogP contribution in [0.25, 0.3) is 0 Å². The van der Waals surface area contributed by atoms with Crippen molar-refractivity contribution in [2.45, 2.75) is 25.5 Å². The van der Waals surface area contributed by atoms with Crippen molar-refractivity contribution >= 4 is 34.9 Å². The average molecular weight is 349 g/mol. The van der Waals surface area contributed by atoms with Crippen molar-refractivity contribution in [3.63, 3.8) is 0 Å². The quantitative estimate of drug-likeness (QED) is 0.594. The van der Waals surface area contributed by atoms with Crippen LogP contribution >= 0.6 is 23.2 Å². The van der Waals surface area contributed by atoms with Gasteiger partial charge in [0.05, 0.1) is 6.61 Å². The van der Waals surface area contributed by atoms with Crippen LogP contribution in [0.3, 0.4) is 0 Å². The minimum Gasteiger partial charge on any atom is -0.480 e. The van der Waals surface area contributed by atoms with Gasteiger partial charge in [-0.1, -0.05) is 19.1 Å². The highest BCUT2D eigenvalue weighted by Gasteiger charge is 2.22. The number of alkyl halides is 2. The maximum atomic E-state index is 11.0. The minimum atomic E-state index is -1.05. The number of carboxylic acid groups (broad SMARTS) is 1. The highest BCUT2D eigenvalue weighted by atomic mass is 35.5. The highest BCUT2D eigenvalue weighted by Crippen LogP contribution is 2.27. The Morgan fingerprint density at radius 3 is 2.36 bits per heavy atom. The summed E-state index contributed by atoms with van der Waals surface area (Å²) < 4.78 is 0. The Morgan fingerprint density at radius 2 is 1.91 bits per heavy atom. The largest absolute Gasteiger partial charge is 0.480 e. The van der Waals surface area contributed by atoms with Crippen molar-refractivity contribution < 1.29 is 15.0 Å². The van der Waals surface area contributed by atoms with Crippen LogP contribution in [0.1, 0.15) is 24.0 Å². The molecule has 1 aromatic carbocycles. The smallest absolute Gasteiger partial charge is 0.321 e. The number of aliphatic hydroxyl groups excluding tert-OH is 1.